The van der Waals surface area contributed by atoms with Gasteiger partial charge in [-0.1, -0.05) is 30.3 Å². The van der Waals surface area contributed by atoms with Gasteiger partial charge in [-0.3, -0.25) is 4.40 Å². The third-order valence-electron chi connectivity index (χ3n) is 3.51. The molecule has 0 radical (unpaired) electrons. The fourth-order valence-electron chi connectivity index (χ4n) is 2.36. The van der Waals surface area contributed by atoms with Crippen LogP contribution in [0, 0.1) is 6.92 Å². The lowest BCUT2D eigenvalue weighted by Gasteiger charge is -2.10. The summed E-state index contributed by atoms with van der Waals surface area (Å²) in [4.78, 5) is 0. The summed E-state index contributed by atoms with van der Waals surface area (Å²) in [7, 11) is 0. The summed E-state index contributed by atoms with van der Waals surface area (Å²) in [5.41, 5.74) is 9.60. The van der Waals surface area contributed by atoms with Crippen LogP contribution in [0.4, 0.5) is 0 Å². The number of hydrogen-bond acceptors (Lipinski definition) is 3. The van der Waals surface area contributed by atoms with Crippen molar-refractivity contribution < 1.29 is 0 Å². The van der Waals surface area contributed by atoms with E-state index in [-0.39, 0.29) is 6.04 Å². The molecule has 2 aromatic heterocycles. The first-order valence-electron chi connectivity index (χ1n) is 6.85. The van der Waals surface area contributed by atoms with Gasteiger partial charge in [-0.15, -0.1) is 10.2 Å². The van der Waals surface area contributed by atoms with Crippen LogP contribution in [0.2, 0.25) is 0 Å². The van der Waals surface area contributed by atoms with Crippen LogP contribution in [-0.2, 0) is 6.42 Å². The van der Waals surface area contributed by atoms with E-state index in [1.54, 1.807) is 0 Å². The van der Waals surface area contributed by atoms with E-state index in [9.17, 15) is 0 Å². The smallest absolute Gasteiger partial charge is 0.161 e. The topological polar surface area (TPSA) is 56.2 Å². The van der Waals surface area contributed by atoms with Crippen LogP contribution in [-0.4, -0.2) is 14.6 Å². The summed E-state index contributed by atoms with van der Waals surface area (Å²) in [6, 6.07) is 14.3. The molecule has 0 fully saturated rings. The quantitative estimate of drug-likeness (QED) is 0.790. The van der Waals surface area contributed by atoms with E-state index in [1.165, 1.54) is 11.1 Å². The Kier molecular flexibility index (Phi) is 3.48. The standard InChI is InChI=1S/C16H18N4/c1-12-9-10-20-15(11-12)18-19-16(20)14(17)8-7-13-5-3-2-4-6-13/h2-6,9-11,14H,7-8,17H2,1H3. The van der Waals surface area contributed by atoms with Gasteiger partial charge < -0.3 is 5.73 Å². The summed E-state index contributed by atoms with van der Waals surface area (Å²) in [5.74, 6) is 0.830. The molecule has 0 aliphatic carbocycles. The zero-order valence-electron chi connectivity index (χ0n) is 11.5. The van der Waals surface area contributed by atoms with E-state index < -0.39 is 0 Å². The first kappa shape index (κ1) is 12.8. The minimum Gasteiger partial charge on any atom is -0.321 e. The minimum absolute atomic E-state index is 0.104. The number of nitrogens with zero attached hydrogens (tertiary/aromatic N) is 3. The molecule has 4 nitrogen and oxygen atoms in total. The van der Waals surface area contributed by atoms with Gasteiger partial charge in [0.1, 0.15) is 0 Å². The van der Waals surface area contributed by atoms with Crippen molar-refractivity contribution in [2.24, 2.45) is 5.73 Å². The summed E-state index contributed by atoms with van der Waals surface area (Å²) in [6.07, 6.45) is 3.80. The second-order valence-electron chi connectivity index (χ2n) is 5.12. The molecule has 1 unspecified atom stereocenters. The summed E-state index contributed by atoms with van der Waals surface area (Å²) in [6.45, 7) is 2.05. The highest BCUT2D eigenvalue weighted by molar-refractivity contribution is 5.41. The van der Waals surface area contributed by atoms with Crippen molar-refractivity contribution in [3.8, 4) is 0 Å². The first-order chi connectivity index (χ1) is 9.74. The number of hydrogen-bond donors (Lipinski definition) is 1. The van der Waals surface area contributed by atoms with Crippen molar-refractivity contribution in [2.75, 3.05) is 0 Å². The maximum absolute atomic E-state index is 6.27. The zero-order chi connectivity index (χ0) is 13.9. The second kappa shape index (κ2) is 5.43. The van der Waals surface area contributed by atoms with E-state index in [0.717, 1.165) is 24.3 Å². The Balaban J connectivity index is 1.77. The number of fused-ring (bicyclic) bond motifs is 1. The third kappa shape index (κ3) is 2.56. The highest BCUT2D eigenvalue weighted by Crippen LogP contribution is 2.16. The number of benzene rings is 1. The Morgan fingerprint density at radius 1 is 1.15 bits per heavy atom. The molecule has 0 spiro atoms. The van der Waals surface area contributed by atoms with Crippen molar-refractivity contribution in [3.63, 3.8) is 0 Å². The van der Waals surface area contributed by atoms with E-state index in [1.807, 2.05) is 35.7 Å². The van der Waals surface area contributed by atoms with E-state index in [4.69, 9.17) is 5.73 Å². The highest BCUT2D eigenvalue weighted by Gasteiger charge is 2.13. The van der Waals surface area contributed by atoms with Crippen molar-refractivity contribution in [1.82, 2.24) is 14.6 Å². The van der Waals surface area contributed by atoms with Gasteiger partial charge in [-0.05, 0) is 43.0 Å². The molecule has 0 aliphatic heterocycles. The van der Waals surface area contributed by atoms with Gasteiger partial charge in [-0.25, -0.2) is 0 Å². The van der Waals surface area contributed by atoms with Crippen molar-refractivity contribution >= 4 is 5.65 Å². The van der Waals surface area contributed by atoms with Crippen LogP contribution in [0.1, 0.15) is 29.4 Å². The molecule has 0 aliphatic rings. The van der Waals surface area contributed by atoms with Gasteiger partial charge in [0.05, 0.1) is 6.04 Å². The van der Waals surface area contributed by atoms with Crippen LogP contribution in [0.5, 0.6) is 0 Å². The minimum atomic E-state index is -0.104. The normalized spacial score (nSPS) is 12.7. The Labute approximate surface area is 118 Å². The fourth-order valence-corrected chi connectivity index (χ4v) is 2.36. The number of aromatic nitrogens is 3. The zero-order valence-corrected chi connectivity index (χ0v) is 11.5. The van der Waals surface area contributed by atoms with Crippen molar-refractivity contribution in [2.45, 2.75) is 25.8 Å². The maximum atomic E-state index is 6.27. The molecule has 1 atom stereocenters. The molecular formula is C16H18N4. The molecule has 0 saturated carbocycles. The molecule has 2 N–H and O–H groups in total. The van der Waals surface area contributed by atoms with Crippen LogP contribution in [0.25, 0.3) is 5.65 Å². The maximum Gasteiger partial charge on any atom is 0.161 e. The SMILES string of the molecule is Cc1ccn2c(C(N)CCc3ccccc3)nnc2c1. The summed E-state index contributed by atoms with van der Waals surface area (Å²) < 4.78 is 1.97. The van der Waals surface area contributed by atoms with Gasteiger partial charge in [0.2, 0.25) is 0 Å². The van der Waals surface area contributed by atoms with Crippen LogP contribution < -0.4 is 5.73 Å². The molecule has 0 saturated heterocycles. The summed E-state index contributed by atoms with van der Waals surface area (Å²) >= 11 is 0. The molecule has 102 valence electrons. The molecule has 2 heterocycles. The monoisotopic (exact) mass is 266 g/mol. The lowest BCUT2D eigenvalue weighted by Crippen LogP contribution is -2.15. The molecule has 3 aromatic rings. The molecule has 20 heavy (non-hydrogen) atoms. The number of rotatable bonds is 4. The molecular weight excluding hydrogens is 248 g/mol. The number of aryl methyl sites for hydroxylation is 2. The average molecular weight is 266 g/mol. The van der Waals surface area contributed by atoms with Gasteiger partial charge in [0.25, 0.3) is 0 Å². The van der Waals surface area contributed by atoms with Gasteiger partial charge in [0.15, 0.2) is 11.5 Å². The second-order valence-corrected chi connectivity index (χ2v) is 5.12. The summed E-state index contributed by atoms with van der Waals surface area (Å²) in [5, 5.41) is 8.43. The Morgan fingerprint density at radius 2 is 1.95 bits per heavy atom. The van der Waals surface area contributed by atoms with E-state index in [0.29, 0.717) is 0 Å². The average Bonchev–Trinajstić information content (AvgIpc) is 2.89. The predicted octanol–water partition coefficient (Wildman–Crippen LogP) is 2.67. The van der Waals surface area contributed by atoms with Crippen LogP contribution in [0.15, 0.2) is 48.7 Å². The third-order valence-corrected chi connectivity index (χ3v) is 3.51. The van der Waals surface area contributed by atoms with Gasteiger partial charge in [0, 0.05) is 6.20 Å². The lowest BCUT2D eigenvalue weighted by molar-refractivity contribution is 0.606. The number of pyridine rings is 1. The fraction of sp³-hybridized carbons (Fsp3) is 0.250. The van der Waals surface area contributed by atoms with Gasteiger partial charge >= 0.3 is 0 Å². The Hall–Kier alpha value is -2.20. The van der Waals surface area contributed by atoms with Gasteiger partial charge in [-0.2, -0.15) is 0 Å². The molecule has 1 aromatic carbocycles. The molecule has 4 heteroatoms. The highest BCUT2D eigenvalue weighted by atomic mass is 15.3. The van der Waals surface area contributed by atoms with E-state index in [2.05, 4.69) is 34.5 Å². The van der Waals surface area contributed by atoms with E-state index >= 15 is 0 Å². The number of nitrogens with two attached hydrogens (primary N) is 1. The molecule has 0 bridgehead atoms. The first-order valence-corrected chi connectivity index (χ1v) is 6.85. The predicted molar refractivity (Wildman–Crippen MR) is 79.4 cm³/mol. The Morgan fingerprint density at radius 3 is 2.75 bits per heavy atom. The lowest BCUT2D eigenvalue weighted by atomic mass is 10.1. The Bertz CT molecular complexity index is 703. The largest absolute Gasteiger partial charge is 0.321 e. The molecule has 0 amide bonds. The van der Waals surface area contributed by atoms with Crippen molar-refractivity contribution in [1.29, 1.82) is 0 Å². The van der Waals surface area contributed by atoms with Crippen molar-refractivity contribution in [3.05, 3.63) is 65.6 Å². The van der Waals surface area contributed by atoms with Crippen LogP contribution >= 0.6 is 0 Å². The van der Waals surface area contributed by atoms with Crippen LogP contribution in [0.3, 0.4) is 0 Å². The molecule has 3 rings (SSSR count).